The van der Waals surface area contributed by atoms with Gasteiger partial charge in [0, 0.05) is 0 Å². The first-order chi connectivity index (χ1) is 11.0. The number of nitrogens with one attached hydrogen (secondary N) is 3. The summed E-state index contributed by atoms with van der Waals surface area (Å²) in [5.41, 5.74) is 5.41. The number of aliphatic carboxylic acids is 1. The maximum Gasteiger partial charge on any atom is 0.325 e. The Morgan fingerprint density at radius 3 is 1.83 bits per heavy atom. The van der Waals surface area contributed by atoms with Gasteiger partial charge in [-0.05, 0) is 20.8 Å². The lowest BCUT2D eigenvalue weighted by molar-refractivity contribution is -0.142. The summed E-state index contributed by atoms with van der Waals surface area (Å²) < 4.78 is 0. The molecule has 5 unspecified atom stereocenters. The molecule has 11 heteroatoms. The van der Waals surface area contributed by atoms with E-state index in [0.717, 1.165) is 0 Å². The van der Waals surface area contributed by atoms with Crippen molar-refractivity contribution in [1.82, 2.24) is 16.0 Å². The lowest BCUT2D eigenvalue weighted by Gasteiger charge is -2.22. The van der Waals surface area contributed by atoms with Gasteiger partial charge in [0.25, 0.3) is 0 Å². The summed E-state index contributed by atoms with van der Waals surface area (Å²) in [7, 11) is 0. The van der Waals surface area contributed by atoms with Crippen LogP contribution >= 0.6 is 0 Å². The van der Waals surface area contributed by atoms with Gasteiger partial charge in [0.15, 0.2) is 0 Å². The number of rotatable bonds is 9. The zero-order valence-electron chi connectivity index (χ0n) is 13.6. The molecule has 11 nitrogen and oxygen atoms in total. The number of carbonyl (C=O) groups is 4. The van der Waals surface area contributed by atoms with Gasteiger partial charge >= 0.3 is 5.97 Å². The van der Waals surface area contributed by atoms with Crippen molar-refractivity contribution in [2.75, 3.05) is 6.61 Å². The van der Waals surface area contributed by atoms with Crippen molar-refractivity contribution in [2.45, 2.75) is 51.0 Å². The number of carbonyl (C=O) groups excluding carboxylic acids is 3. The van der Waals surface area contributed by atoms with E-state index in [4.69, 9.17) is 15.9 Å². The van der Waals surface area contributed by atoms with Crippen molar-refractivity contribution >= 4 is 23.7 Å². The van der Waals surface area contributed by atoms with Crippen LogP contribution in [0.15, 0.2) is 0 Å². The number of hydrogen-bond acceptors (Lipinski definition) is 7. The summed E-state index contributed by atoms with van der Waals surface area (Å²) >= 11 is 0. The molecule has 0 saturated heterocycles. The van der Waals surface area contributed by atoms with E-state index < -0.39 is 60.6 Å². The fraction of sp³-hybridized carbons (Fsp3) is 0.692. The Morgan fingerprint density at radius 2 is 1.42 bits per heavy atom. The Kier molecular flexibility index (Phi) is 8.89. The fourth-order valence-corrected chi connectivity index (χ4v) is 1.46. The third kappa shape index (κ3) is 6.89. The summed E-state index contributed by atoms with van der Waals surface area (Å²) in [6.07, 6.45) is -1.12. The maximum absolute atomic E-state index is 11.9. The predicted molar refractivity (Wildman–Crippen MR) is 81.5 cm³/mol. The van der Waals surface area contributed by atoms with Crippen molar-refractivity contribution < 1.29 is 34.5 Å². The molecule has 0 aromatic heterocycles. The van der Waals surface area contributed by atoms with E-state index in [1.807, 2.05) is 0 Å². The third-order valence-corrected chi connectivity index (χ3v) is 3.12. The molecule has 0 heterocycles. The summed E-state index contributed by atoms with van der Waals surface area (Å²) in [4.78, 5) is 46.0. The molecular weight excluding hydrogens is 324 g/mol. The average Bonchev–Trinajstić information content (AvgIpc) is 2.50. The van der Waals surface area contributed by atoms with E-state index in [2.05, 4.69) is 16.0 Å². The van der Waals surface area contributed by atoms with E-state index in [1.165, 1.54) is 20.8 Å². The van der Waals surface area contributed by atoms with Crippen LogP contribution in [0.2, 0.25) is 0 Å². The molecule has 0 aromatic carbocycles. The first kappa shape index (κ1) is 21.8. The smallest absolute Gasteiger partial charge is 0.325 e. The summed E-state index contributed by atoms with van der Waals surface area (Å²) in [5, 5.41) is 33.6. The normalized spacial score (nSPS) is 16.9. The molecule has 8 N–H and O–H groups in total. The van der Waals surface area contributed by atoms with Gasteiger partial charge in [-0.25, -0.2) is 0 Å². The van der Waals surface area contributed by atoms with Crippen LogP contribution in [-0.4, -0.2) is 75.9 Å². The molecule has 0 aromatic rings. The molecule has 0 saturated carbocycles. The first-order valence-electron chi connectivity index (χ1n) is 7.19. The van der Waals surface area contributed by atoms with Crippen LogP contribution in [0.25, 0.3) is 0 Å². The highest BCUT2D eigenvalue weighted by molar-refractivity contribution is 5.93. The van der Waals surface area contributed by atoms with E-state index in [-0.39, 0.29) is 0 Å². The van der Waals surface area contributed by atoms with E-state index in [0.29, 0.717) is 0 Å². The molecule has 0 spiro atoms. The van der Waals surface area contributed by atoms with Gasteiger partial charge < -0.3 is 37.0 Å². The zero-order chi connectivity index (χ0) is 19.0. The standard InChI is InChI=1S/C13H24N4O7/c1-5(15-12(22)9(14)7(3)19)10(20)17-8(4-18)11(21)16-6(2)13(23)24/h5-9,18-19H,4,14H2,1-3H3,(H,15,22)(H,16,21)(H,17,20)(H,23,24). The van der Waals surface area contributed by atoms with Crippen LogP contribution in [-0.2, 0) is 19.2 Å². The minimum atomic E-state index is -1.39. The van der Waals surface area contributed by atoms with Crippen LogP contribution in [0, 0.1) is 0 Å². The summed E-state index contributed by atoms with van der Waals surface area (Å²) in [5.74, 6) is -3.73. The van der Waals surface area contributed by atoms with Crippen molar-refractivity contribution in [2.24, 2.45) is 5.73 Å². The van der Waals surface area contributed by atoms with Crippen LogP contribution in [0.5, 0.6) is 0 Å². The number of aliphatic hydroxyl groups is 2. The highest BCUT2D eigenvalue weighted by Crippen LogP contribution is 1.93. The molecule has 3 amide bonds. The van der Waals surface area contributed by atoms with Gasteiger partial charge in [0.1, 0.15) is 24.2 Å². The summed E-state index contributed by atoms with van der Waals surface area (Å²) in [6, 6.07) is -4.91. The SMILES string of the molecule is CC(NC(=O)C(CO)NC(=O)C(C)NC(=O)C(N)C(C)O)C(=O)O. The second-order valence-corrected chi connectivity index (χ2v) is 5.31. The lowest BCUT2D eigenvalue weighted by atomic mass is 10.1. The van der Waals surface area contributed by atoms with Crippen LogP contribution in [0.1, 0.15) is 20.8 Å². The highest BCUT2D eigenvalue weighted by atomic mass is 16.4. The number of nitrogens with two attached hydrogens (primary N) is 1. The molecule has 0 aliphatic carbocycles. The Morgan fingerprint density at radius 1 is 0.917 bits per heavy atom. The number of amides is 3. The topological polar surface area (TPSA) is 191 Å². The molecule has 0 fully saturated rings. The number of aliphatic hydroxyl groups excluding tert-OH is 2. The van der Waals surface area contributed by atoms with Gasteiger partial charge in [-0.2, -0.15) is 0 Å². The first-order valence-corrected chi connectivity index (χ1v) is 7.19. The van der Waals surface area contributed by atoms with Gasteiger partial charge in [0.2, 0.25) is 17.7 Å². The molecule has 0 rings (SSSR count). The fourth-order valence-electron chi connectivity index (χ4n) is 1.46. The molecule has 0 aliphatic heterocycles. The van der Waals surface area contributed by atoms with Gasteiger partial charge in [0.05, 0.1) is 12.7 Å². The monoisotopic (exact) mass is 348 g/mol. The van der Waals surface area contributed by atoms with Crippen molar-refractivity contribution in [1.29, 1.82) is 0 Å². The predicted octanol–water partition coefficient (Wildman–Crippen LogP) is -3.73. The van der Waals surface area contributed by atoms with Gasteiger partial charge in [-0.1, -0.05) is 0 Å². The van der Waals surface area contributed by atoms with Crippen molar-refractivity contribution in [3.05, 3.63) is 0 Å². The number of carboxylic acid groups (broad SMARTS) is 1. The van der Waals surface area contributed by atoms with Crippen LogP contribution < -0.4 is 21.7 Å². The maximum atomic E-state index is 11.9. The Bertz CT molecular complexity index is 483. The zero-order valence-corrected chi connectivity index (χ0v) is 13.6. The van der Waals surface area contributed by atoms with Crippen LogP contribution in [0.3, 0.4) is 0 Å². The summed E-state index contributed by atoms with van der Waals surface area (Å²) in [6.45, 7) is 3.08. The third-order valence-electron chi connectivity index (χ3n) is 3.12. The average molecular weight is 348 g/mol. The molecule has 24 heavy (non-hydrogen) atoms. The largest absolute Gasteiger partial charge is 0.480 e. The minimum absolute atomic E-state index is 0.766. The molecule has 0 radical (unpaired) electrons. The van der Waals surface area contributed by atoms with E-state index >= 15 is 0 Å². The minimum Gasteiger partial charge on any atom is -0.480 e. The molecular formula is C13H24N4O7. The Labute approximate surface area is 138 Å². The molecule has 0 aliphatic rings. The number of hydrogen-bond donors (Lipinski definition) is 7. The second kappa shape index (κ2) is 9.80. The second-order valence-electron chi connectivity index (χ2n) is 5.31. The Hall–Kier alpha value is -2.24. The van der Waals surface area contributed by atoms with E-state index in [9.17, 15) is 24.3 Å². The van der Waals surface area contributed by atoms with Crippen molar-refractivity contribution in [3.63, 3.8) is 0 Å². The quantitative estimate of drug-likeness (QED) is 0.221. The van der Waals surface area contributed by atoms with Gasteiger partial charge in [-0.3, -0.25) is 19.2 Å². The van der Waals surface area contributed by atoms with Gasteiger partial charge in [-0.15, -0.1) is 0 Å². The number of carboxylic acids is 1. The Balaban J connectivity index is 4.66. The van der Waals surface area contributed by atoms with Crippen molar-refractivity contribution in [3.8, 4) is 0 Å². The molecule has 138 valence electrons. The van der Waals surface area contributed by atoms with Crippen LogP contribution in [0.4, 0.5) is 0 Å². The van der Waals surface area contributed by atoms with E-state index in [1.54, 1.807) is 0 Å². The molecule has 0 bridgehead atoms. The molecule has 5 atom stereocenters. The lowest BCUT2D eigenvalue weighted by Crippen LogP contribution is -2.57. The highest BCUT2D eigenvalue weighted by Gasteiger charge is 2.27.